The maximum absolute atomic E-state index is 11.8. The number of ether oxygens (including phenoxy) is 1. The molecule has 16 heavy (non-hydrogen) atoms. The summed E-state index contributed by atoms with van der Waals surface area (Å²) in [6.07, 6.45) is 1.36. The van der Waals surface area contributed by atoms with Gasteiger partial charge in [0.25, 0.3) is 0 Å². The minimum absolute atomic E-state index is 0.265. The van der Waals surface area contributed by atoms with Crippen molar-refractivity contribution in [1.82, 2.24) is 10.5 Å². The summed E-state index contributed by atoms with van der Waals surface area (Å²) >= 11 is 0. The molecule has 5 nitrogen and oxygen atoms in total. The number of aromatic nitrogens is 1. The van der Waals surface area contributed by atoms with E-state index in [0.717, 1.165) is 13.1 Å². The first-order valence-electron chi connectivity index (χ1n) is 5.36. The molecule has 0 aromatic carbocycles. The SMILES string of the molecule is CC(C)(C)OC(=O)c1conc1C1CNC1. The van der Waals surface area contributed by atoms with Crippen LogP contribution in [0.15, 0.2) is 10.8 Å². The van der Waals surface area contributed by atoms with Crippen LogP contribution in [0.3, 0.4) is 0 Å². The highest BCUT2D eigenvalue weighted by Crippen LogP contribution is 2.24. The van der Waals surface area contributed by atoms with Gasteiger partial charge in [-0.2, -0.15) is 0 Å². The molecule has 1 aromatic rings. The molecule has 2 heterocycles. The van der Waals surface area contributed by atoms with E-state index in [-0.39, 0.29) is 11.9 Å². The van der Waals surface area contributed by atoms with Crippen molar-refractivity contribution >= 4 is 5.97 Å². The third-order valence-electron chi connectivity index (χ3n) is 2.38. The number of hydrogen-bond acceptors (Lipinski definition) is 5. The predicted molar refractivity (Wildman–Crippen MR) is 57.3 cm³/mol. The molecule has 0 unspecified atom stereocenters. The van der Waals surface area contributed by atoms with Gasteiger partial charge < -0.3 is 14.6 Å². The Morgan fingerprint density at radius 3 is 2.75 bits per heavy atom. The smallest absolute Gasteiger partial charge is 0.343 e. The van der Waals surface area contributed by atoms with Gasteiger partial charge in [-0.3, -0.25) is 0 Å². The first-order valence-corrected chi connectivity index (χ1v) is 5.36. The van der Waals surface area contributed by atoms with E-state index in [1.54, 1.807) is 0 Å². The fourth-order valence-electron chi connectivity index (χ4n) is 1.51. The lowest BCUT2D eigenvalue weighted by Crippen LogP contribution is -2.41. The Bertz CT molecular complexity index is 388. The average Bonchev–Trinajstić information content (AvgIpc) is 2.45. The Hall–Kier alpha value is -1.36. The van der Waals surface area contributed by atoms with E-state index in [0.29, 0.717) is 11.3 Å². The van der Waals surface area contributed by atoms with Crippen LogP contribution in [0.2, 0.25) is 0 Å². The molecule has 1 aliphatic rings. The Balaban J connectivity index is 2.14. The van der Waals surface area contributed by atoms with E-state index >= 15 is 0 Å². The summed E-state index contributed by atoms with van der Waals surface area (Å²) in [5.74, 6) is -0.100. The summed E-state index contributed by atoms with van der Waals surface area (Å²) < 4.78 is 10.1. The fraction of sp³-hybridized carbons (Fsp3) is 0.636. The maximum Gasteiger partial charge on any atom is 0.343 e. The van der Waals surface area contributed by atoms with Crippen molar-refractivity contribution in [2.24, 2.45) is 0 Å². The zero-order valence-electron chi connectivity index (χ0n) is 9.74. The molecule has 1 aromatic heterocycles. The van der Waals surface area contributed by atoms with E-state index in [2.05, 4.69) is 10.5 Å². The van der Waals surface area contributed by atoms with Gasteiger partial charge in [0, 0.05) is 19.0 Å². The minimum atomic E-state index is -0.497. The molecule has 0 bridgehead atoms. The topological polar surface area (TPSA) is 64.4 Å². The van der Waals surface area contributed by atoms with Crippen molar-refractivity contribution in [2.75, 3.05) is 13.1 Å². The van der Waals surface area contributed by atoms with Crippen LogP contribution in [0, 0.1) is 0 Å². The summed E-state index contributed by atoms with van der Waals surface area (Å²) in [4.78, 5) is 11.8. The Kier molecular flexibility index (Phi) is 2.71. The molecule has 5 heteroatoms. The summed E-state index contributed by atoms with van der Waals surface area (Å²) in [6, 6.07) is 0. The van der Waals surface area contributed by atoms with Crippen LogP contribution in [0.4, 0.5) is 0 Å². The van der Waals surface area contributed by atoms with Crippen molar-refractivity contribution in [1.29, 1.82) is 0 Å². The number of nitrogens with zero attached hydrogens (tertiary/aromatic N) is 1. The average molecular weight is 224 g/mol. The standard InChI is InChI=1S/C11H16N2O3/c1-11(2,3)16-10(14)8-6-15-13-9(8)7-4-12-5-7/h6-7,12H,4-5H2,1-3H3. The number of carbonyl (C=O) groups excluding carboxylic acids is 1. The van der Waals surface area contributed by atoms with Crippen LogP contribution in [0.25, 0.3) is 0 Å². The van der Waals surface area contributed by atoms with E-state index in [1.165, 1.54) is 6.26 Å². The molecule has 0 atom stereocenters. The highest BCUT2D eigenvalue weighted by Gasteiger charge is 2.30. The van der Waals surface area contributed by atoms with Crippen LogP contribution in [-0.2, 0) is 4.74 Å². The monoisotopic (exact) mass is 224 g/mol. The Morgan fingerprint density at radius 1 is 1.56 bits per heavy atom. The third kappa shape index (κ3) is 2.24. The van der Waals surface area contributed by atoms with E-state index < -0.39 is 5.60 Å². The van der Waals surface area contributed by atoms with E-state index in [9.17, 15) is 4.79 Å². The van der Waals surface area contributed by atoms with Crippen molar-refractivity contribution in [2.45, 2.75) is 32.3 Å². The zero-order valence-corrected chi connectivity index (χ0v) is 9.74. The third-order valence-corrected chi connectivity index (χ3v) is 2.38. The highest BCUT2D eigenvalue weighted by molar-refractivity contribution is 5.90. The molecule has 1 fully saturated rings. The lowest BCUT2D eigenvalue weighted by Gasteiger charge is -2.26. The van der Waals surface area contributed by atoms with Gasteiger partial charge >= 0.3 is 5.97 Å². The van der Waals surface area contributed by atoms with Crippen LogP contribution >= 0.6 is 0 Å². The molecule has 0 radical (unpaired) electrons. The first-order chi connectivity index (χ1) is 7.47. The van der Waals surface area contributed by atoms with Gasteiger partial charge in [-0.1, -0.05) is 5.16 Å². The Labute approximate surface area is 94.1 Å². The largest absolute Gasteiger partial charge is 0.456 e. The minimum Gasteiger partial charge on any atom is -0.456 e. The van der Waals surface area contributed by atoms with Gasteiger partial charge in [0.1, 0.15) is 23.1 Å². The van der Waals surface area contributed by atoms with Gasteiger partial charge in [0.05, 0.1) is 0 Å². The molecule has 0 saturated carbocycles. The summed E-state index contributed by atoms with van der Waals surface area (Å²) in [7, 11) is 0. The fourth-order valence-corrected chi connectivity index (χ4v) is 1.51. The van der Waals surface area contributed by atoms with Gasteiger partial charge in [0.15, 0.2) is 0 Å². The second-order valence-corrected chi connectivity index (χ2v) is 4.97. The van der Waals surface area contributed by atoms with Crippen LogP contribution in [0.5, 0.6) is 0 Å². The number of nitrogens with one attached hydrogen (secondary N) is 1. The lowest BCUT2D eigenvalue weighted by atomic mass is 9.96. The number of hydrogen-bond donors (Lipinski definition) is 1. The van der Waals surface area contributed by atoms with Gasteiger partial charge in [-0.05, 0) is 20.8 Å². The van der Waals surface area contributed by atoms with Crippen molar-refractivity contribution in [3.63, 3.8) is 0 Å². The first kappa shape index (κ1) is 11.1. The molecular formula is C11H16N2O3. The lowest BCUT2D eigenvalue weighted by molar-refractivity contribution is 0.00670. The van der Waals surface area contributed by atoms with E-state index in [4.69, 9.17) is 9.26 Å². The second-order valence-electron chi connectivity index (χ2n) is 4.97. The highest BCUT2D eigenvalue weighted by atomic mass is 16.6. The number of rotatable bonds is 2. The van der Waals surface area contributed by atoms with Crippen molar-refractivity contribution in [3.05, 3.63) is 17.5 Å². The molecule has 0 amide bonds. The van der Waals surface area contributed by atoms with Crippen LogP contribution in [0.1, 0.15) is 42.7 Å². The van der Waals surface area contributed by atoms with Crippen molar-refractivity contribution < 1.29 is 14.1 Å². The van der Waals surface area contributed by atoms with Crippen LogP contribution in [-0.4, -0.2) is 29.8 Å². The van der Waals surface area contributed by atoms with Gasteiger partial charge in [-0.15, -0.1) is 0 Å². The molecule has 1 saturated heterocycles. The zero-order chi connectivity index (χ0) is 11.8. The Morgan fingerprint density at radius 2 is 2.25 bits per heavy atom. The molecule has 0 spiro atoms. The second kappa shape index (κ2) is 3.90. The molecule has 2 rings (SSSR count). The number of esters is 1. The van der Waals surface area contributed by atoms with Gasteiger partial charge in [0.2, 0.25) is 0 Å². The normalized spacial score (nSPS) is 16.9. The summed E-state index contributed by atoms with van der Waals surface area (Å²) in [5.41, 5.74) is 0.651. The molecule has 0 aliphatic carbocycles. The molecular weight excluding hydrogens is 208 g/mol. The molecule has 1 aliphatic heterocycles. The number of carbonyl (C=O) groups is 1. The van der Waals surface area contributed by atoms with E-state index in [1.807, 2.05) is 20.8 Å². The quantitative estimate of drug-likeness (QED) is 0.767. The maximum atomic E-state index is 11.8. The molecule has 88 valence electrons. The summed E-state index contributed by atoms with van der Waals surface area (Å²) in [6.45, 7) is 7.18. The van der Waals surface area contributed by atoms with Gasteiger partial charge in [-0.25, -0.2) is 4.79 Å². The van der Waals surface area contributed by atoms with Crippen molar-refractivity contribution in [3.8, 4) is 0 Å². The summed E-state index contributed by atoms with van der Waals surface area (Å²) in [5, 5.41) is 7.00. The predicted octanol–water partition coefficient (Wildman–Crippen LogP) is 1.32. The van der Waals surface area contributed by atoms with Crippen LogP contribution < -0.4 is 5.32 Å². The molecule has 1 N–H and O–H groups in total.